The maximum atomic E-state index is 11.6. The third kappa shape index (κ3) is 2.88. The van der Waals surface area contributed by atoms with Gasteiger partial charge < -0.3 is 10.1 Å². The van der Waals surface area contributed by atoms with Gasteiger partial charge in [0.15, 0.2) is 0 Å². The first-order chi connectivity index (χ1) is 8.61. The van der Waals surface area contributed by atoms with Gasteiger partial charge in [-0.25, -0.2) is 4.79 Å². The van der Waals surface area contributed by atoms with E-state index in [0.29, 0.717) is 5.56 Å². The lowest BCUT2D eigenvalue weighted by atomic mass is 10.1. The van der Waals surface area contributed by atoms with Crippen LogP contribution < -0.4 is 5.32 Å². The monoisotopic (exact) mass is 247 g/mol. The van der Waals surface area contributed by atoms with Gasteiger partial charge in [0.05, 0.1) is 18.7 Å². The molecule has 1 N–H and O–H groups in total. The van der Waals surface area contributed by atoms with Crippen LogP contribution in [-0.2, 0) is 9.53 Å². The fourth-order valence-electron chi connectivity index (χ4n) is 1.79. The molecule has 1 aliphatic rings. The van der Waals surface area contributed by atoms with Gasteiger partial charge in [0, 0.05) is 5.92 Å². The largest absolute Gasteiger partial charge is 0.465 e. The first-order valence-electron chi connectivity index (χ1n) is 6.10. The second-order valence-electron chi connectivity index (χ2n) is 4.62. The van der Waals surface area contributed by atoms with E-state index < -0.39 is 0 Å². The minimum Gasteiger partial charge on any atom is -0.465 e. The number of ether oxygens (including phenoxy) is 1. The van der Waals surface area contributed by atoms with E-state index in [1.807, 2.05) is 19.1 Å². The van der Waals surface area contributed by atoms with E-state index >= 15 is 0 Å². The van der Waals surface area contributed by atoms with Gasteiger partial charge in [0.1, 0.15) is 0 Å². The van der Waals surface area contributed by atoms with Gasteiger partial charge in [-0.2, -0.15) is 0 Å². The Balaban J connectivity index is 1.99. The SMILES string of the molecule is COC(=O)c1ccc(C(C)NC(=O)C2CC2)cc1. The van der Waals surface area contributed by atoms with Crippen LogP contribution in [-0.4, -0.2) is 19.0 Å². The second kappa shape index (κ2) is 5.21. The van der Waals surface area contributed by atoms with Gasteiger partial charge in [0.25, 0.3) is 0 Å². The molecule has 0 aromatic heterocycles. The molecule has 0 aliphatic heterocycles. The second-order valence-corrected chi connectivity index (χ2v) is 4.62. The fourth-order valence-corrected chi connectivity index (χ4v) is 1.79. The van der Waals surface area contributed by atoms with Crippen LogP contribution in [0.2, 0.25) is 0 Å². The van der Waals surface area contributed by atoms with Crippen LogP contribution in [0.5, 0.6) is 0 Å². The summed E-state index contributed by atoms with van der Waals surface area (Å²) in [6.45, 7) is 1.94. The first kappa shape index (κ1) is 12.6. The third-order valence-corrected chi connectivity index (χ3v) is 3.14. The maximum absolute atomic E-state index is 11.6. The minimum atomic E-state index is -0.351. The first-order valence-corrected chi connectivity index (χ1v) is 6.10. The van der Waals surface area contributed by atoms with Crippen molar-refractivity contribution in [1.29, 1.82) is 0 Å². The highest BCUT2D eigenvalue weighted by atomic mass is 16.5. The van der Waals surface area contributed by atoms with Crippen molar-refractivity contribution in [3.05, 3.63) is 35.4 Å². The molecule has 0 bridgehead atoms. The average molecular weight is 247 g/mol. The van der Waals surface area contributed by atoms with Crippen molar-refractivity contribution in [1.82, 2.24) is 5.32 Å². The summed E-state index contributed by atoms with van der Waals surface area (Å²) in [6.07, 6.45) is 2.00. The summed E-state index contributed by atoms with van der Waals surface area (Å²) in [7, 11) is 1.36. The number of hydrogen-bond donors (Lipinski definition) is 1. The van der Waals surface area contributed by atoms with E-state index in [4.69, 9.17) is 0 Å². The van der Waals surface area contributed by atoms with Crippen molar-refractivity contribution in [2.45, 2.75) is 25.8 Å². The molecular weight excluding hydrogens is 230 g/mol. The zero-order valence-corrected chi connectivity index (χ0v) is 10.6. The Labute approximate surface area is 106 Å². The molecule has 0 heterocycles. The van der Waals surface area contributed by atoms with Crippen molar-refractivity contribution in [3.8, 4) is 0 Å². The predicted octanol–water partition coefficient (Wildman–Crippen LogP) is 2.06. The van der Waals surface area contributed by atoms with Gasteiger partial charge in [-0.3, -0.25) is 4.79 Å². The Morgan fingerprint density at radius 1 is 1.28 bits per heavy atom. The van der Waals surface area contributed by atoms with E-state index in [1.54, 1.807) is 12.1 Å². The lowest BCUT2D eigenvalue weighted by Crippen LogP contribution is -2.27. The number of esters is 1. The molecular formula is C14H17NO3. The summed E-state index contributed by atoms with van der Waals surface area (Å²) in [5.41, 5.74) is 1.50. The highest BCUT2D eigenvalue weighted by molar-refractivity contribution is 5.89. The van der Waals surface area contributed by atoms with Crippen molar-refractivity contribution < 1.29 is 14.3 Å². The smallest absolute Gasteiger partial charge is 0.337 e. The van der Waals surface area contributed by atoms with Gasteiger partial charge in [-0.15, -0.1) is 0 Å². The quantitative estimate of drug-likeness (QED) is 0.828. The molecule has 0 spiro atoms. The van der Waals surface area contributed by atoms with Crippen molar-refractivity contribution in [2.75, 3.05) is 7.11 Å². The summed E-state index contributed by atoms with van der Waals surface area (Å²) in [5, 5.41) is 2.97. The van der Waals surface area contributed by atoms with Crippen LogP contribution >= 0.6 is 0 Å². The van der Waals surface area contributed by atoms with Crippen LogP contribution in [0, 0.1) is 5.92 Å². The zero-order valence-electron chi connectivity index (χ0n) is 10.6. The normalized spacial score (nSPS) is 15.9. The molecule has 1 aromatic carbocycles. The number of rotatable bonds is 4. The van der Waals surface area contributed by atoms with E-state index in [0.717, 1.165) is 18.4 Å². The standard InChI is InChI=1S/C14H17NO3/c1-9(15-13(16)11-5-6-11)10-3-7-12(8-4-10)14(17)18-2/h3-4,7-9,11H,5-6H2,1-2H3,(H,15,16). The Morgan fingerprint density at radius 3 is 2.39 bits per heavy atom. The molecule has 1 saturated carbocycles. The number of hydrogen-bond acceptors (Lipinski definition) is 3. The van der Waals surface area contributed by atoms with Gasteiger partial charge in [-0.1, -0.05) is 12.1 Å². The summed E-state index contributed by atoms with van der Waals surface area (Å²) in [4.78, 5) is 22.9. The molecule has 96 valence electrons. The van der Waals surface area contributed by atoms with Gasteiger partial charge in [0.2, 0.25) is 5.91 Å². The molecule has 0 saturated heterocycles. The Kier molecular flexibility index (Phi) is 3.65. The Bertz CT molecular complexity index is 449. The van der Waals surface area contributed by atoms with E-state index in [1.165, 1.54) is 7.11 Å². The summed E-state index contributed by atoms with van der Waals surface area (Å²) in [5.74, 6) is -0.0162. The van der Waals surface area contributed by atoms with E-state index in [-0.39, 0.29) is 23.8 Å². The van der Waals surface area contributed by atoms with Crippen molar-refractivity contribution in [3.63, 3.8) is 0 Å². The van der Waals surface area contributed by atoms with Gasteiger partial charge >= 0.3 is 5.97 Å². The summed E-state index contributed by atoms with van der Waals surface area (Å²) in [6, 6.07) is 7.06. The highest BCUT2D eigenvalue weighted by Gasteiger charge is 2.30. The average Bonchev–Trinajstić information content (AvgIpc) is 3.22. The number of methoxy groups -OCH3 is 1. The van der Waals surface area contributed by atoms with E-state index in [2.05, 4.69) is 10.1 Å². The highest BCUT2D eigenvalue weighted by Crippen LogP contribution is 2.29. The molecule has 4 nitrogen and oxygen atoms in total. The van der Waals surface area contributed by atoms with Crippen molar-refractivity contribution in [2.24, 2.45) is 5.92 Å². The molecule has 1 fully saturated rings. The number of nitrogens with one attached hydrogen (secondary N) is 1. The topological polar surface area (TPSA) is 55.4 Å². The number of amides is 1. The maximum Gasteiger partial charge on any atom is 0.337 e. The van der Waals surface area contributed by atoms with Crippen LogP contribution in [0.25, 0.3) is 0 Å². The van der Waals surface area contributed by atoms with Crippen LogP contribution in [0.4, 0.5) is 0 Å². The van der Waals surface area contributed by atoms with Crippen molar-refractivity contribution >= 4 is 11.9 Å². The van der Waals surface area contributed by atoms with Gasteiger partial charge in [-0.05, 0) is 37.5 Å². The van der Waals surface area contributed by atoms with Crippen LogP contribution in [0.1, 0.15) is 41.7 Å². The summed E-state index contributed by atoms with van der Waals surface area (Å²) >= 11 is 0. The molecule has 1 atom stereocenters. The number of benzene rings is 1. The Morgan fingerprint density at radius 2 is 1.89 bits per heavy atom. The summed E-state index contributed by atoms with van der Waals surface area (Å²) < 4.78 is 4.63. The molecule has 1 aromatic rings. The molecule has 1 aliphatic carbocycles. The lowest BCUT2D eigenvalue weighted by Gasteiger charge is -2.14. The number of carbonyl (C=O) groups excluding carboxylic acids is 2. The molecule has 1 unspecified atom stereocenters. The Hall–Kier alpha value is -1.84. The fraction of sp³-hybridized carbons (Fsp3) is 0.429. The third-order valence-electron chi connectivity index (χ3n) is 3.14. The number of carbonyl (C=O) groups is 2. The van der Waals surface area contributed by atoms with E-state index in [9.17, 15) is 9.59 Å². The molecule has 0 radical (unpaired) electrons. The van der Waals surface area contributed by atoms with Crippen LogP contribution in [0.15, 0.2) is 24.3 Å². The van der Waals surface area contributed by atoms with Crippen LogP contribution in [0.3, 0.4) is 0 Å². The molecule has 18 heavy (non-hydrogen) atoms. The minimum absolute atomic E-state index is 0.0372. The molecule has 4 heteroatoms. The predicted molar refractivity (Wildman–Crippen MR) is 67.1 cm³/mol. The molecule has 1 amide bonds. The zero-order chi connectivity index (χ0) is 13.1. The molecule has 2 rings (SSSR count). The lowest BCUT2D eigenvalue weighted by molar-refractivity contribution is -0.122.